The van der Waals surface area contributed by atoms with E-state index in [1.165, 1.54) is 6.42 Å². The second-order valence-electron chi connectivity index (χ2n) is 8.76. The fourth-order valence-corrected chi connectivity index (χ4v) is 3.32. The molecule has 234 valence electrons. The number of carbonyl (C=O) groups is 1. The Morgan fingerprint density at radius 3 is 1.55 bits per heavy atom. The van der Waals surface area contributed by atoms with Crippen molar-refractivity contribution in [3.05, 3.63) is 0 Å². The molecule has 0 spiro atoms. The van der Waals surface area contributed by atoms with E-state index in [0.717, 1.165) is 25.7 Å². The van der Waals surface area contributed by atoms with Crippen molar-refractivity contribution in [2.45, 2.75) is 38.2 Å². The van der Waals surface area contributed by atoms with Gasteiger partial charge < -0.3 is 53.7 Å². The molecule has 0 aliphatic heterocycles. The zero-order valence-electron chi connectivity index (χ0n) is 24.2. The van der Waals surface area contributed by atoms with Crippen LogP contribution in [0.15, 0.2) is 0 Å². The molecule has 0 aromatic heterocycles. The Morgan fingerprint density at radius 2 is 1.07 bits per heavy atom. The summed E-state index contributed by atoms with van der Waals surface area (Å²) < 4.78 is 48.8. The lowest BCUT2D eigenvalue weighted by Crippen LogP contribution is -2.32. The van der Waals surface area contributed by atoms with Crippen molar-refractivity contribution in [3.63, 3.8) is 0 Å². The summed E-state index contributed by atoms with van der Waals surface area (Å²) in [5.41, 5.74) is 5.32. The summed E-state index contributed by atoms with van der Waals surface area (Å²) in [6.45, 7) is 9.05. The molecule has 0 radical (unpaired) electrons. The predicted molar refractivity (Wildman–Crippen MR) is 149 cm³/mol. The van der Waals surface area contributed by atoms with Crippen molar-refractivity contribution in [1.82, 2.24) is 5.32 Å². The van der Waals surface area contributed by atoms with E-state index in [-0.39, 0.29) is 18.6 Å². The smallest absolute Gasteiger partial charge is 0.246 e. The quantitative estimate of drug-likeness (QED) is 0.0953. The van der Waals surface area contributed by atoms with E-state index in [2.05, 4.69) is 17.2 Å². The van der Waals surface area contributed by atoms with Crippen LogP contribution in [0.1, 0.15) is 32.1 Å². The standard InChI is InChI=1S/C28H52N2O10/c29-8-10-32-12-14-34-16-18-36-20-22-38-24-25-39-23-21-37-19-17-35-15-13-33-11-9-30-28(31)26-40-27-6-4-2-1-3-5-7-27/h27H,1-4,6,8-26,29H2,(H,30,31). The Morgan fingerprint density at radius 1 is 0.625 bits per heavy atom. The molecular weight excluding hydrogens is 524 g/mol. The van der Waals surface area contributed by atoms with Gasteiger partial charge in [-0.25, -0.2) is 0 Å². The van der Waals surface area contributed by atoms with Crippen molar-refractivity contribution < 1.29 is 47.4 Å². The van der Waals surface area contributed by atoms with Gasteiger partial charge in [-0.15, -0.1) is 5.92 Å². The maximum absolute atomic E-state index is 11.9. The first-order valence-electron chi connectivity index (χ1n) is 14.5. The van der Waals surface area contributed by atoms with Crippen LogP contribution in [-0.2, 0) is 47.4 Å². The number of carbonyl (C=O) groups excluding carboxylic acids is 1. The van der Waals surface area contributed by atoms with Crippen LogP contribution < -0.4 is 11.1 Å². The van der Waals surface area contributed by atoms with Crippen molar-refractivity contribution in [2.24, 2.45) is 5.73 Å². The minimum absolute atomic E-state index is 0.0294. The van der Waals surface area contributed by atoms with Crippen LogP contribution in [-0.4, -0.2) is 137 Å². The van der Waals surface area contributed by atoms with Gasteiger partial charge >= 0.3 is 0 Å². The second-order valence-corrected chi connectivity index (χ2v) is 8.76. The molecule has 0 aromatic carbocycles. The summed E-state index contributed by atoms with van der Waals surface area (Å²) in [7, 11) is 0. The SMILES string of the molecule is NCCOCCOCCOCCOCCOCCOCCOCCOCCNC(=O)COC1C#CCCCCC1. The van der Waals surface area contributed by atoms with Gasteiger partial charge in [0.2, 0.25) is 5.91 Å². The molecule has 40 heavy (non-hydrogen) atoms. The number of amides is 1. The number of nitrogens with two attached hydrogens (primary N) is 1. The van der Waals surface area contributed by atoms with Gasteiger partial charge in [0.25, 0.3) is 0 Å². The molecule has 1 atom stereocenters. The fraction of sp³-hybridized carbons (Fsp3) is 0.893. The molecule has 0 aromatic rings. The first-order valence-corrected chi connectivity index (χ1v) is 14.5. The van der Waals surface area contributed by atoms with E-state index in [9.17, 15) is 4.79 Å². The van der Waals surface area contributed by atoms with Gasteiger partial charge in [-0.1, -0.05) is 12.3 Å². The molecule has 0 saturated heterocycles. The van der Waals surface area contributed by atoms with E-state index in [4.69, 9.17) is 48.4 Å². The minimum atomic E-state index is -0.151. The van der Waals surface area contributed by atoms with Crippen LogP contribution in [0.25, 0.3) is 0 Å². The van der Waals surface area contributed by atoms with Gasteiger partial charge in [0.15, 0.2) is 0 Å². The lowest BCUT2D eigenvalue weighted by Gasteiger charge is -2.13. The van der Waals surface area contributed by atoms with Crippen molar-refractivity contribution >= 4 is 5.91 Å². The molecule has 1 aliphatic rings. The van der Waals surface area contributed by atoms with Gasteiger partial charge in [-0.2, -0.15) is 0 Å². The van der Waals surface area contributed by atoms with Crippen LogP contribution in [0.2, 0.25) is 0 Å². The second kappa shape index (κ2) is 30.6. The van der Waals surface area contributed by atoms with Crippen LogP contribution in [0.5, 0.6) is 0 Å². The first kappa shape index (κ1) is 36.7. The number of rotatable bonds is 29. The summed E-state index contributed by atoms with van der Waals surface area (Å²) >= 11 is 0. The molecule has 0 saturated carbocycles. The normalized spacial score (nSPS) is 15.3. The maximum atomic E-state index is 11.9. The van der Waals surface area contributed by atoms with E-state index in [1.807, 2.05) is 0 Å². The van der Waals surface area contributed by atoms with E-state index < -0.39 is 0 Å². The average molecular weight is 577 g/mol. The minimum Gasteiger partial charge on any atom is -0.378 e. The van der Waals surface area contributed by atoms with E-state index >= 15 is 0 Å². The maximum Gasteiger partial charge on any atom is 0.246 e. The third kappa shape index (κ3) is 26.8. The van der Waals surface area contributed by atoms with E-state index in [0.29, 0.717) is 119 Å². The number of hydrogen-bond donors (Lipinski definition) is 2. The highest BCUT2D eigenvalue weighted by molar-refractivity contribution is 5.77. The average Bonchev–Trinajstić information content (AvgIpc) is 2.94. The summed E-state index contributed by atoms with van der Waals surface area (Å²) in [6.07, 6.45) is 5.08. The highest BCUT2D eigenvalue weighted by Crippen LogP contribution is 2.10. The lowest BCUT2D eigenvalue weighted by molar-refractivity contribution is -0.127. The fourth-order valence-electron chi connectivity index (χ4n) is 3.32. The Hall–Kier alpha value is -1.37. The van der Waals surface area contributed by atoms with Gasteiger partial charge in [0.1, 0.15) is 12.7 Å². The Kier molecular flexibility index (Phi) is 28.0. The topological polar surface area (TPSA) is 138 Å². The van der Waals surface area contributed by atoms with Crippen LogP contribution in [0, 0.1) is 11.8 Å². The summed E-state index contributed by atoms with van der Waals surface area (Å²) in [5, 5.41) is 2.78. The number of ether oxygens (including phenoxy) is 9. The molecule has 0 heterocycles. The Balaban J connectivity index is 1.69. The highest BCUT2D eigenvalue weighted by Gasteiger charge is 2.10. The molecule has 1 amide bonds. The summed E-state index contributed by atoms with van der Waals surface area (Å²) in [4.78, 5) is 11.9. The predicted octanol–water partition coefficient (Wildman–Crippen LogP) is 0.547. The summed E-state index contributed by atoms with van der Waals surface area (Å²) in [5.74, 6) is 6.05. The zero-order chi connectivity index (χ0) is 28.6. The zero-order valence-corrected chi connectivity index (χ0v) is 24.2. The molecular formula is C28H52N2O10. The molecule has 1 unspecified atom stereocenters. The van der Waals surface area contributed by atoms with Crippen LogP contribution in [0.3, 0.4) is 0 Å². The molecule has 12 heteroatoms. The molecule has 0 fully saturated rings. The van der Waals surface area contributed by atoms with Crippen LogP contribution >= 0.6 is 0 Å². The van der Waals surface area contributed by atoms with Gasteiger partial charge in [0, 0.05) is 19.5 Å². The molecule has 1 aliphatic carbocycles. The molecule has 0 bridgehead atoms. The van der Waals surface area contributed by atoms with Crippen molar-refractivity contribution in [1.29, 1.82) is 0 Å². The monoisotopic (exact) mass is 576 g/mol. The third-order valence-corrected chi connectivity index (χ3v) is 5.38. The molecule has 1 rings (SSSR count). The number of nitrogens with one attached hydrogen (secondary N) is 1. The van der Waals surface area contributed by atoms with Gasteiger partial charge in [-0.05, 0) is 19.3 Å². The Bertz CT molecular complexity index is 618. The van der Waals surface area contributed by atoms with Crippen molar-refractivity contribution in [3.8, 4) is 11.8 Å². The highest BCUT2D eigenvalue weighted by atomic mass is 16.6. The number of hydrogen-bond acceptors (Lipinski definition) is 11. The first-order chi connectivity index (χ1) is 19.8. The van der Waals surface area contributed by atoms with Crippen molar-refractivity contribution in [2.75, 3.05) is 125 Å². The molecule has 12 nitrogen and oxygen atoms in total. The molecule has 3 N–H and O–H groups in total. The van der Waals surface area contributed by atoms with Gasteiger partial charge in [0.05, 0.1) is 106 Å². The largest absolute Gasteiger partial charge is 0.378 e. The van der Waals surface area contributed by atoms with Crippen LogP contribution in [0.4, 0.5) is 0 Å². The Labute approximate surface area is 240 Å². The van der Waals surface area contributed by atoms with E-state index in [1.54, 1.807) is 0 Å². The summed E-state index contributed by atoms with van der Waals surface area (Å²) in [6, 6.07) is 0. The van der Waals surface area contributed by atoms with Gasteiger partial charge in [-0.3, -0.25) is 4.79 Å². The lowest BCUT2D eigenvalue weighted by atomic mass is 10.1. The third-order valence-electron chi connectivity index (χ3n) is 5.38.